The third kappa shape index (κ3) is 6.66. The molecule has 0 aliphatic heterocycles. The second-order valence-electron chi connectivity index (χ2n) is 5.57. The van der Waals surface area contributed by atoms with Gasteiger partial charge in [0.25, 0.3) is 0 Å². The molecule has 1 atom stereocenters. The first-order valence-corrected chi connectivity index (χ1v) is 9.57. The minimum atomic E-state index is -3.34. The SMILES string of the molecule is CCC(C)N(CCC(=O)NCCc1ccccc1F)S(C)(=O)=O. The largest absolute Gasteiger partial charge is 0.356 e. The number of benzene rings is 1. The zero-order valence-electron chi connectivity index (χ0n) is 13.9. The van der Waals surface area contributed by atoms with Crippen LogP contribution in [0, 0.1) is 5.82 Å². The maximum atomic E-state index is 13.4. The molecular weight excluding hydrogens is 319 g/mol. The molecule has 0 radical (unpaired) electrons. The van der Waals surface area contributed by atoms with Crippen LogP contribution in [0.1, 0.15) is 32.3 Å². The minimum absolute atomic E-state index is 0.0919. The van der Waals surface area contributed by atoms with Crippen LogP contribution >= 0.6 is 0 Å². The molecule has 0 aromatic heterocycles. The lowest BCUT2D eigenvalue weighted by Gasteiger charge is -2.25. The van der Waals surface area contributed by atoms with Gasteiger partial charge in [-0.3, -0.25) is 4.79 Å². The average molecular weight is 344 g/mol. The molecule has 0 heterocycles. The minimum Gasteiger partial charge on any atom is -0.356 e. The molecule has 1 unspecified atom stereocenters. The summed E-state index contributed by atoms with van der Waals surface area (Å²) in [6, 6.07) is 6.28. The Kier molecular flexibility index (Phi) is 7.64. The Morgan fingerprint density at radius 2 is 2.00 bits per heavy atom. The maximum Gasteiger partial charge on any atom is 0.221 e. The lowest BCUT2D eigenvalue weighted by molar-refractivity contribution is -0.121. The van der Waals surface area contributed by atoms with Crippen LogP contribution in [0.25, 0.3) is 0 Å². The molecule has 1 rings (SSSR count). The quantitative estimate of drug-likeness (QED) is 0.744. The first kappa shape index (κ1) is 19.6. The first-order valence-electron chi connectivity index (χ1n) is 7.72. The molecule has 7 heteroatoms. The standard InChI is InChI=1S/C16H25FN2O3S/c1-4-13(2)19(23(3,21)22)12-10-16(20)18-11-9-14-7-5-6-8-15(14)17/h5-8,13H,4,9-12H2,1-3H3,(H,18,20). The second kappa shape index (κ2) is 8.98. The van der Waals surface area contributed by atoms with Crippen LogP contribution in [-0.4, -0.2) is 44.0 Å². The molecule has 1 aromatic rings. The van der Waals surface area contributed by atoms with Gasteiger partial charge in [-0.1, -0.05) is 25.1 Å². The number of nitrogens with one attached hydrogen (secondary N) is 1. The molecule has 0 saturated carbocycles. The Morgan fingerprint density at radius 1 is 1.35 bits per heavy atom. The van der Waals surface area contributed by atoms with E-state index < -0.39 is 10.0 Å². The summed E-state index contributed by atoms with van der Waals surface area (Å²) in [7, 11) is -3.34. The Morgan fingerprint density at radius 3 is 2.57 bits per heavy atom. The van der Waals surface area contributed by atoms with Crippen molar-refractivity contribution in [2.45, 2.75) is 39.2 Å². The normalized spacial score (nSPS) is 13.1. The van der Waals surface area contributed by atoms with Crippen molar-refractivity contribution >= 4 is 15.9 Å². The van der Waals surface area contributed by atoms with Crippen molar-refractivity contribution in [1.82, 2.24) is 9.62 Å². The van der Waals surface area contributed by atoms with Gasteiger partial charge in [0.2, 0.25) is 15.9 Å². The van der Waals surface area contributed by atoms with Crippen molar-refractivity contribution in [1.29, 1.82) is 0 Å². The van der Waals surface area contributed by atoms with E-state index in [2.05, 4.69) is 5.32 Å². The highest BCUT2D eigenvalue weighted by Crippen LogP contribution is 2.10. The van der Waals surface area contributed by atoms with Crippen LogP contribution in [0.15, 0.2) is 24.3 Å². The molecule has 1 N–H and O–H groups in total. The lowest BCUT2D eigenvalue weighted by Crippen LogP contribution is -2.40. The topological polar surface area (TPSA) is 66.5 Å². The molecule has 0 aliphatic rings. The van der Waals surface area contributed by atoms with Crippen LogP contribution in [0.4, 0.5) is 4.39 Å². The summed E-state index contributed by atoms with van der Waals surface area (Å²) in [6.45, 7) is 4.19. The van der Waals surface area contributed by atoms with Crippen LogP contribution in [0.2, 0.25) is 0 Å². The van der Waals surface area contributed by atoms with Crippen molar-refractivity contribution in [2.75, 3.05) is 19.3 Å². The molecule has 23 heavy (non-hydrogen) atoms. The Bertz CT molecular complexity index is 620. The summed E-state index contributed by atoms with van der Waals surface area (Å²) >= 11 is 0. The van der Waals surface area contributed by atoms with Gasteiger partial charge in [-0.05, 0) is 31.4 Å². The van der Waals surface area contributed by atoms with E-state index in [0.717, 1.165) is 6.26 Å². The zero-order chi connectivity index (χ0) is 17.5. The Balaban J connectivity index is 2.43. The predicted octanol–water partition coefficient (Wildman–Crippen LogP) is 1.93. The molecule has 0 spiro atoms. The lowest BCUT2D eigenvalue weighted by atomic mass is 10.1. The molecular formula is C16H25FN2O3S. The molecule has 1 aromatic carbocycles. The van der Waals surface area contributed by atoms with Crippen LogP contribution in [0.3, 0.4) is 0 Å². The van der Waals surface area contributed by atoms with Gasteiger partial charge >= 0.3 is 0 Å². The second-order valence-corrected chi connectivity index (χ2v) is 7.51. The van der Waals surface area contributed by atoms with Crippen LogP contribution in [-0.2, 0) is 21.2 Å². The van der Waals surface area contributed by atoms with Crippen molar-refractivity contribution in [2.24, 2.45) is 0 Å². The van der Waals surface area contributed by atoms with E-state index in [1.807, 2.05) is 13.8 Å². The van der Waals surface area contributed by atoms with E-state index in [9.17, 15) is 17.6 Å². The number of amides is 1. The predicted molar refractivity (Wildman–Crippen MR) is 89.0 cm³/mol. The number of sulfonamides is 1. The highest BCUT2D eigenvalue weighted by molar-refractivity contribution is 7.88. The van der Waals surface area contributed by atoms with Gasteiger partial charge in [0.15, 0.2) is 0 Å². The fourth-order valence-electron chi connectivity index (χ4n) is 2.25. The first-order chi connectivity index (χ1) is 10.8. The van der Waals surface area contributed by atoms with Crippen molar-refractivity contribution in [3.8, 4) is 0 Å². The van der Waals surface area contributed by atoms with Crippen molar-refractivity contribution in [3.63, 3.8) is 0 Å². The van der Waals surface area contributed by atoms with Gasteiger partial charge in [0.1, 0.15) is 5.82 Å². The molecule has 0 bridgehead atoms. The Labute approximate surface area is 137 Å². The molecule has 1 amide bonds. The fraction of sp³-hybridized carbons (Fsp3) is 0.562. The number of carbonyl (C=O) groups excluding carboxylic acids is 1. The molecule has 0 aliphatic carbocycles. The summed E-state index contributed by atoms with van der Waals surface area (Å²) in [5, 5.41) is 2.70. The van der Waals surface area contributed by atoms with E-state index >= 15 is 0 Å². The van der Waals surface area contributed by atoms with Crippen LogP contribution in [0.5, 0.6) is 0 Å². The highest BCUT2D eigenvalue weighted by atomic mass is 32.2. The number of rotatable bonds is 9. The fourth-order valence-corrected chi connectivity index (χ4v) is 3.48. The van der Waals surface area contributed by atoms with Gasteiger partial charge < -0.3 is 5.32 Å². The van der Waals surface area contributed by atoms with E-state index in [-0.39, 0.29) is 30.7 Å². The average Bonchev–Trinajstić information content (AvgIpc) is 2.47. The third-order valence-corrected chi connectivity index (χ3v) is 5.14. The van der Waals surface area contributed by atoms with Crippen molar-refractivity contribution in [3.05, 3.63) is 35.6 Å². The van der Waals surface area contributed by atoms with Gasteiger partial charge in [-0.25, -0.2) is 12.8 Å². The van der Waals surface area contributed by atoms with E-state index in [0.29, 0.717) is 24.9 Å². The smallest absolute Gasteiger partial charge is 0.221 e. The Hall–Kier alpha value is -1.47. The van der Waals surface area contributed by atoms with Gasteiger partial charge in [0, 0.05) is 25.6 Å². The number of nitrogens with zero attached hydrogens (tertiary/aromatic N) is 1. The summed E-state index contributed by atoms with van der Waals surface area (Å²) < 4.78 is 38.2. The zero-order valence-corrected chi connectivity index (χ0v) is 14.7. The maximum absolute atomic E-state index is 13.4. The van der Waals surface area contributed by atoms with Gasteiger partial charge in [-0.2, -0.15) is 4.31 Å². The highest BCUT2D eigenvalue weighted by Gasteiger charge is 2.22. The van der Waals surface area contributed by atoms with E-state index in [4.69, 9.17) is 0 Å². The summed E-state index contributed by atoms with van der Waals surface area (Å²) in [4.78, 5) is 11.8. The molecule has 130 valence electrons. The number of carbonyl (C=O) groups is 1. The number of halogens is 1. The van der Waals surface area contributed by atoms with Gasteiger partial charge in [0.05, 0.1) is 6.26 Å². The third-order valence-electron chi connectivity index (χ3n) is 3.74. The molecule has 0 saturated heterocycles. The number of hydrogen-bond donors (Lipinski definition) is 1. The van der Waals surface area contributed by atoms with E-state index in [1.165, 1.54) is 10.4 Å². The van der Waals surface area contributed by atoms with Crippen molar-refractivity contribution < 1.29 is 17.6 Å². The monoisotopic (exact) mass is 344 g/mol. The summed E-state index contributed by atoms with van der Waals surface area (Å²) in [5.74, 6) is -0.528. The summed E-state index contributed by atoms with van der Waals surface area (Å²) in [5.41, 5.74) is 0.546. The van der Waals surface area contributed by atoms with Gasteiger partial charge in [-0.15, -0.1) is 0 Å². The summed E-state index contributed by atoms with van der Waals surface area (Å²) in [6.07, 6.45) is 2.32. The van der Waals surface area contributed by atoms with E-state index in [1.54, 1.807) is 18.2 Å². The van der Waals surface area contributed by atoms with Crippen LogP contribution < -0.4 is 5.32 Å². The molecule has 5 nitrogen and oxygen atoms in total. The molecule has 0 fully saturated rings. The number of hydrogen-bond acceptors (Lipinski definition) is 3.